The van der Waals surface area contributed by atoms with Crippen molar-refractivity contribution in [2.75, 3.05) is 10.7 Å². The van der Waals surface area contributed by atoms with E-state index in [1.807, 2.05) is 17.0 Å². The summed E-state index contributed by atoms with van der Waals surface area (Å²) < 4.78 is 0. The van der Waals surface area contributed by atoms with Gasteiger partial charge >= 0.3 is 0 Å². The third kappa shape index (κ3) is 3.61. The van der Waals surface area contributed by atoms with Crippen molar-refractivity contribution in [2.24, 2.45) is 0 Å². The smallest absolute Gasteiger partial charge is 0.237 e. The largest absolute Gasteiger partial charge is 0.308 e. The first kappa shape index (κ1) is 16.1. The normalized spacial score (nSPS) is 16.5. The molecule has 1 atom stereocenters. The summed E-state index contributed by atoms with van der Waals surface area (Å²) in [5, 5.41) is 0. The molecule has 1 aliphatic rings. The van der Waals surface area contributed by atoms with Crippen LogP contribution < -0.4 is 4.90 Å². The van der Waals surface area contributed by atoms with Crippen molar-refractivity contribution < 1.29 is 4.79 Å². The van der Waals surface area contributed by atoms with Crippen molar-refractivity contribution in [3.05, 3.63) is 64.7 Å². The fraction of sp³-hybridized carbons (Fsp3) is 0.350. The number of aryl methyl sites for hydroxylation is 2. The van der Waals surface area contributed by atoms with Crippen LogP contribution in [0.1, 0.15) is 29.2 Å². The van der Waals surface area contributed by atoms with Crippen LogP contribution in [0.4, 0.5) is 5.69 Å². The predicted molar refractivity (Wildman–Crippen MR) is 99.2 cm³/mol. The second-order valence-corrected chi connectivity index (χ2v) is 7.42. The zero-order chi connectivity index (χ0) is 16.4. The van der Waals surface area contributed by atoms with Gasteiger partial charge in [-0.2, -0.15) is 0 Å². The Bertz CT molecular complexity index is 705. The molecule has 2 nitrogen and oxygen atoms in total. The van der Waals surface area contributed by atoms with E-state index in [2.05, 4.69) is 51.1 Å². The lowest BCUT2D eigenvalue weighted by molar-refractivity contribution is -0.116. The Morgan fingerprint density at radius 2 is 1.87 bits per heavy atom. The Morgan fingerprint density at radius 3 is 2.61 bits per heavy atom. The van der Waals surface area contributed by atoms with Gasteiger partial charge in [0.15, 0.2) is 0 Å². The van der Waals surface area contributed by atoms with Gasteiger partial charge in [-0.05, 0) is 44.4 Å². The lowest BCUT2D eigenvalue weighted by Gasteiger charge is -2.22. The summed E-state index contributed by atoms with van der Waals surface area (Å²) in [4.78, 5) is 14.6. The molecule has 0 spiro atoms. The summed E-state index contributed by atoms with van der Waals surface area (Å²) in [5.41, 5.74) is 6.25. The maximum Gasteiger partial charge on any atom is 0.237 e. The molecule has 3 heteroatoms. The minimum absolute atomic E-state index is 0.219. The van der Waals surface area contributed by atoms with Gasteiger partial charge in [-0.3, -0.25) is 4.79 Å². The molecule has 1 heterocycles. The molecule has 2 aromatic rings. The van der Waals surface area contributed by atoms with Crippen LogP contribution in [0, 0.1) is 13.8 Å². The molecule has 120 valence electrons. The Kier molecular flexibility index (Phi) is 4.76. The van der Waals surface area contributed by atoms with Gasteiger partial charge < -0.3 is 4.90 Å². The summed E-state index contributed by atoms with van der Waals surface area (Å²) in [5.74, 6) is 1.64. The summed E-state index contributed by atoms with van der Waals surface area (Å²) >= 11 is 1.70. The Morgan fingerprint density at radius 1 is 1.17 bits per heavy atom. The number of carbonyl (C=O) groups excluding carboxylic acids is 1. The van der Waals surface area contributed by atoms with Crippen molar-refractivity contribution in [1.29, 1.82) is 0 Å². The van der Waals surface area contributed by atoms with Gasteiger partial charge in [0.05, 0.1) is 5.75 Å². The number of thioether (sulfide) groups is 1. The quantitative estimate of drug-likeness (QED) is 0.824. The third-order valence-electron chi connectivity index (χ3n) is 4.25. The van der Waals surface area contributed by atoms with E-state index < -0.39 is 0 Å². The molecular formula is C20H23NOS. The molecule has 0 fully saturated rings. The molecule has 0 aliphatic carbocycles. The number of nitrogens with zero attached hydrogens (tertiary/aromatic N) is 1. The number of hydrogen-bond donors (Lipinski definition) is 0. The zero-order valence-corrected chi connectivity index (χ0v) is 14.8. The van der Waals surface area contributed by atoms with Gasteiger partial charge in [0.2, 0.25) is 5.91 Å². The highest BCUT2D eigenvalue weighted by atomic mass is 32.2. The Labute approximate surface area is 142 Å². The van der Waals surface area contributed by atoms with Crippen molar-refractivity contribution in [2.45, 2.75) is 39.0 Å². The number of rotatable bonds is 4. The molecule has 0 aromatic heterocycles. The van der Waals surface area contributed by atoms with Gasteiger partial charge in [-0.15, -0.1) is 11.8 Å². The third-order valence-corrected chi connectivity index (χ3v) is 5.24. The van der Waals surface area contributed by atoms with Crippen LogP contribution in [-0.2, 0) is 17.0 Å². The van der Waals surface area contributed by atoms with Gasteiger partial charge in [0.1, 0.15) is 0 Å². The number of anilines is 1. The van der Waals surface area contributed by atoms with E-state index in [0.29, 0.717) is 5.75 Å². The van der Waals surface area contributed by atoms with E-state index in [1.165, 1.54) is 22.3 Å². The maximum absolute atomic E-state index is 12.6. The maximum atomic E-state index is 12.6. The summed E-state index contributed by atoms with van der Waals surface area (Å²) in [6, 6.07) is 15.1. The lowest BCUT2D eigenvalue weighted by Crippen LogP contribution is -2.37. The highest BCUT2D eigenvalue weighted by Gasteiger charge is 2.30. The summed E-state index contributed by atoms with van der Waals surface area (Å²) in [6.45, 7) is 6.37. The number of benzene rings is 2. The molecule has 0 saturated heterocycles. The molecule has 0 N–H and O–H groups in total. The van der Waals surface area contributed by atoms with Crippen LogP contribution >= 0.6 is 11.8 Å². The van der Waals surface area contributed by atoms with Gasteiger partial charge in [0.25, 0.3) is 0 Å². The van der Waals surface area contributed by atoms with E-state index in [-0.39, 0.29) is 11.9 Å². The second-order valence-electron chi connectivity index (χ2n) is 6.43. The van der Waals surface area contributed by atoms with E-state index in [9.17, 15) is 4.79 Å². The first-order chi connectivity index (χ1) is 11.0. The number of carbonyl (C=O) groups is 1. The Hall–Kier alpha value is -1.74. The van der Waals surface area contributed by atoms with Crippen LogP contribution in [0.15, 0.2) is 42.5 Å². The number of para-hydroxylation sites is 1. The zero-order valence-electron chi connectivity index (χ0n) is 14.0. The molecule has 0 unspecified atom stereocenters. The van der Waals surface area contributed by atoms with Gasteiger partial charge in [-0.25, -0.2) is 0 Å². The van der Waals surface area contributed by atoms with Crippen LogP contribution in [0.3, 0.4) is 0 Å². The molecule has 0 radical (unpaired) electrons. The molecule has 1 amide bonds. The molecule has 0 bridgehead atoms. The van der Waals surface area contributed by atoms with Gasteiger partial charge in [-0.1, -0.05) is 47.5 Å². The SMILES string of the molecule is Cc1cc(C)cc(CSCC(=O)N2c3ccccc3C[C@@H]2C)c1. The first-order valence-corrected chi connectivity index (χ1v) is 9.25. The van der Waals surface area contributed by atoms with Crippen molar-refractivity contribution in [3.63, 3.8) is 0 Å². The van der Waals surface area contributed by atoms with Crippen molar-refractivity contribution in [1.82, 2.24) is 0 Å². The van der Waals surface area contributed by atoms with Crippen LogP contribution in [0.25, 0.3) is 0 Å². The summed E-state index contributed by atoms with van der Waals surface area (Å²) in [6.07, 6.45) is 0.962. The standard InChI is InChI=1S/C20H23NOS/c1-14-8-15(2)10-17(9-14)12-23-13-20(22)21-16(3)11-18-6-4-5-7-19(18)21/h4-10,16H,11-13H2,1-3H3/t16-/m0/s1. The topological polar surface area (TPSA) is 20.3 Å². The Balaban J connectivity index is 1.62. The first-order valence-electron chi connectivity index (χ1n) is 8.09. The lowest BCUT2D eigenvalue weighted by atomic mass is 10.1. The number of hydrogen-bond acceptors (Lipinski definition) is 2. The van der Waals surface area contributed by atoms with E-state index in [1.54, 1.807) is 11.8 Å². The predicted octanol–water partition coefficient (Wildman–Crippen LogP) is 4.51. The van der Waals surface area contributed by atoms with Crippen LogP contribution in [-0.4, -0.2) is 17.7 Å². The van der Waals surface area contributed by atoms with Crippen molar-refractivity contribution in [3.8, 4) is 0 Å². The minimum Gasteiger partial charge on any atom is -0.308 e. The van der Waals surface area contributed by atoms with E-state index in [4.69, 9.17) is 0 Å². The van der Waals surface area contributed by atoms with E-state index >= 15 is 0 Å². The molecule has 3 rings (SSSR count). The average Bonchev–Trinajstić information content (AvgIpc) is 2.82. The fourth-order valence-electron chi connectivity index (χ4n) is 3.42. The van der Waals surface area contributed by atoms with Crippen LogP contribution in [0.5, 0.6) is 0 Å². The van der Waals surface area contributed by atoms with Crippen LogP contribution in [0.2, 0.25) is 0 Å². The molecule has 23 heavy (non-hydrogen) atoms. The van der Waals surface area contributed by atoms with Crippen molar-refractivity contribution >= 4 is 23.4 Å². The molecule has 0 saturated carbocycles. The molecule has 1 aliphatic heterocycles. The second kappa shape index (κ2) is 6.79. The highest BCUT2D eigenvalue weighted by molar-refractivity contribution is 7.99. The molecule has 2 aromatic carbocycles. The number of amides is 1. The average molecular weight is 325 g/mol. The summed E-state index contributed by atoms with van der Waals surface area (Å²) in [7, 11) is 0. The van der Waals surface area contributed by atoms with E-state index in [0.717, 1.165) is 17.9 Å². The highest BCUT2D eigenvalue weighted by Crippen LogP contribution is 2.32. The molecular weight excluding hydrogens is 302 g/mol. The fourth-order valence-corrected chi connectivity index (χ4v) is 4.24. The monoisotopic (exact) mass is 325 g/mol. The van der Waals surface area contributed by atoms with Gasteiger partial charge in [0, 0.05) is 17.5 Å². The minimum atomic E-state index is 0.219. The number of fused-ring (bicyclic) bond motifs is 1.